The summed E-state index contributed by atoms with van der Waals surface area (Å²) in [5.74, 6) is 0. The first-order valence-corrected chi connectivity index (χ1v) is 7.51. The lowest BCUT2D eigenvalue weighted by atomic mass is 10.1. The fraction of sp³-hybridized carbons (Fsp3) is 0.562. The molecule has 0 saturated carbocycles. The third-order valence-electron chi connectivity index (χ3n) is 3.70. The zero-order valence-corrected chi connectivity index (χ0v) is 12.9. The zero-order valence-electron chi connectivity index (χ0n) is 12.9. The highest BCUT2D eigenvalue weighted by Crippen LogP contribution is 2.21. The number of nitrogens with one attached hydrogen (secondary N) is 2. The first-order valence-electron chi connectivity index (χ1n) is 7.51. The minimum absolute atomic E-state index is 0.0664. The van der Waals surface area contributed by atoms with Crippen molar-refractivity contribution in [2.45, 2.75) is 39.3 Å². The molecule has 1 aliphatic heterocycles. The maximum Gasteiger partial charge on any atom is 0.319 e. The van der Waals surface area contributed by atoms with Gasteiger partial charge in [-0.25, -0.2) is 4.79 Å². The van der Waals surface area contributed by atoms with Crippen molar-refractivity contribution in [2.24, 2.45) is 0 Å². The summed E-state index contributed by atoms with van der Waals surface area (Å²) in [6, 6.07) is 5.73. The van der Waals surface area contributed by atoms with E-state index in [0.29, 0.717) is 19.8 Å². The molecule has 2 amide bonds. The number of hydrogen-bond donors (Lipinski definition) is 2. The number of para-hydroxylation sites is 1. The Kier molecular flexibility index (Phi) is 5.59. The average Bonchev–Trinajstić information content (AvgIpc) is 2.88. The molecule has 0 spiro atoms. The largest absolute Gasteiger partial charge is 0.376 e. The number of carbonyl (C=O) groups excluding carboxylic acids is 1. The molecule has 0 bridgehead atoms. The Hall–Kier alpha value is -1.59. The lowest BCUT2D eigenvalue weighted by molar-refractivity contribution is 0.0428. The average molecular weight is 292 g/mol. The molecule has 1 aliphatic rings. The van der Waals surface area contributed by atoms with Gasteiger partial charge in [-0.1, -0.05) is 25.1 Å². The van der Waals surface area contributed by atoms with Crippen molar-refractivity contribution in [1.29, 1.82) is 0 Å². The Balaban J connectivity index is 1.99. The maximum atomic E-state index is 12.2. The van der Waals surface area contributed by atoms with Gasteiger partial charge in [-0.15, -0.1) is 0 Å². The van der Waals surface area contributed by atoms with Gasteiger partial charge in [-0.3, -0.25) is 0 Å². The highest BCUT2D eigenvalue weighted by atomic mass is 16.5. The molecule has 2 N–H and O–H groups in total. The number of ether oxygens (including phenoxy) is 2. The van der Waals surface area contributed by atoms with Crippen LogP contribution in [0.25, 0.3) is 0 Å². The Morgan fingerprint density at radius 3 is 2.90 bits per heavy atom. The Morgan fingerprint density at radius 1 is 1.38 bits per heavy atom. The third kappa shape index (κ3) is 3.95. The van der Waals surface area contributed by atoms with Crippen LogP contribution in [-0.4, -0.2) is 38.0 Å². The van der Waals surface area contributed by atoms with Crippen molar-refractivity contribution < 1.29 is 14.3 Å². The molecule has 0 radical (unpaired) electrons. The summed E-state index contributed by atoms with van der Waals surface area (Å²) >= 11 is 0. The van der Waals surface area contributed by atoms with Gasteiger partial charge >= 0.3 is 6.03 Å². The normalized spacial score (nSPS) is 21.3. The summed E-state index contributed by atoms with van der Waals surface area (Å²) in [6.07, 6.45) is 0.814. The second-order valence-electron chi connectivity index (χ2n) is 5.20. The van der Waals surface area contributed by atoms with Crippen LogP contribution in [0.3, 0.4) is 0 Å². The van der Waals surface area contributed by atoms with Gasteiger partial charge in [0.05, 0.1) is 19.3 Å². The molecule has 2 rings (SSSR count). The summed E-state index contributed by atoms with van der Waals surface area (Å²) in [7, 11) is 0. The first-order chi connectivity index (χ1) is 10.2. The van der Waals surface area contributed by atoms with Crippen molar-refractivity contribution in [3.8, 4) is 0 Å². The Bertz CT molecular complexity index is 490. The van der Waals surface area contributed by atoms with Crippen LogP contribution in [0.1, 0.15) is 25.0 Å². The van der Waals surface area contributed by atoms with E-state index >= 15 is 0 Å². The fourth-order valence-electron chi connectivity index (χ4n) is 2.57. The fourth-order valence-corrected chi connectivity index (χ4v) is 2.57. The minimum Gasteiger partial charge on any atom is -0.376 e. The van der Waals surface area contributed by atoms with Gasteiger partial charge in [0.15, 0.2) is 0 Å². The van der Waals surface area contributed by atoms with Gasteiger partial charge in [-0.2, -0.15) is 0 Å². The van der Waals surface area contributed by atoms with E-state index in [2.05, 4.69) is 17.6 Å². The number of anilines is 1. The van der Waals surface area contributed by atoms with Crippen LogP contribution < -0.4 is 10.6 Å². The van der Waals surface area contributed by atoms with Crippen LogP contribution in [0.15, 0.2) is 18.2 Å². The summed E-state index contributed by atoms with van der Waals surface area (Å²) < 4.78 is 10.9. The minimum atomic E-state index is -0.209. The smallest absolute Gasteiger partial charge is 0.319 e. The number of urea groups is 1. The van der Waals surface area contributed by atoms with Crippen LogP contribution in [0.2, 0.25) is 0 Å². The van der Waals surface area contributed by atoms with Gasteiger partial charge in [0.2, 0.25) is 0 Å². The molecule has 116 valence electrons. The number of carbonyl (C=O) groups is 1. The van der Waals surface area contributed by atoms with Gasteiger partial charge < -0.3 is 20.1 Å². The van der Waals surface area contributed by atoms with Crippen LogP contribution in [0, 0.1) is 6.92 Å². The topological polar surface area (TPSA) is 59.6 Å². The predicted octanol–water partition coefficient (Wildman–Crippen LogP) is 2.48. The highest BCUT2D eigenvalue weighted by Gasteiger charge is 2.30. The lowest BCUT2D eigenvalue weighted by Crippen LogP contribution is -2.45. The Labute approximate surface area is 126 Å². The van der Waals surface area contributed by atoms with Gasteiger partial charge in [0.1, 0.15) is 6.10 Å². The molecule has 5 heteroatoms. The molecule has 1 heterocycles. The number of rotatable bonds is 5. The molecule has 1 fully saturated rings. The van der Waals surface area contributed by atoms with Gasteiger partial charge in [0.25, 0.3) is 0 Å². The van der Waals surface area contributed by atoms with E-state index in [1.165, 1.54) is 0 Å². The summed E-state index contributed by atoms with van der Waals surface area (Å²) in [6.45, 7) is 7.65. The molecule has 1 aromatic rings. The van der Waals surface area contributed by atoms with Crippen LogP contribution in [0.4, 0.5) is 10.5 Å². The van der Waals surface area contributed by atoms with Crippen molar-refractivity contribution in [3.05, 3.63) is 29.3 Å². The van der Waals surface area contributed by atoms with Crippen LogP contribution in [-0.2, 0) is 15.9 Å². The molecule has 0 aromatic heterocycles. The summed E-state index contributed by atoms with van der Waals surface area (Å²) in [5, 5.41) is 5.90. The van der Waals surface area contributed by atoms with Crippen molar-refractivity contribution in [3.63, 3.8) is 0 Å². The van der Waals surface area contributed by atoms with Crippen LogP contribution in [0.5, 0.6) is 0 Å². The zero-order chi connectivity index (χ0) is 15.2. The number of benzene rings is 1. The number of amides is 2. The predicted molar refractivity (Wildman–Crippen MR) is 82.7 cm³/mol. The van der Waals surface area contributed by atoms with Gasteiger partial charge in [0, 0.05) is 12.3 Å². The van der Waals surface area contributed by atoms with Crippen LogP contribution >= 0.6 is 0 Å². The molecular formula is C16H24N2O3. The molecule has 0 aliphatic carbocycles. The molecule has 1 aromatic carbocycles. The molecule has 21 heavy (non-hydrogen) atoms. The molecule has 0 unspecified atom stereocenters. The van der Waals surface area contributed by atoms with E-state index < -0.39 is 0 Å². The van der Waals surface area contributed by atoms with Crippen molar-refractivity contribution >= 4 is 11.7 Å². The van der Waals surface area contributed by atoms with E-state index in [-0.39, 0.29) is 18.2 Å². The van der Waals surface area contributed by atoms with Crippen molar-refractivity contribution in [1.82, 2.24) is 5.32 Å². The van der Waals surface area contributed by atoms with E-state index in [4.69, 9.17) is 9.47 Å². The third-order valence-corrected chi connectivity index (χ3v) is 3.70. The molecular weight excluding hydrogens is 268 g/mol. The van der Waals surface area contributed by atoms with E-state index in [9.17, 15) is 4.79 Å². The molecule has 5 nitrogen and oxygen atoms in total. The highest BCUT2D eigenvalue weighted by molar-refractivity contribution is 5.91. The first kappa shape index (κ1) is 15.8. The monoisotopic (exact) mass is 292 g/mol. The number of aryl methyl sites for hydroxylation is 2. The second-order valence-corrected chi connectivity index (χ2v) is 5.20. The number of hydrogen-bond acceptors (Lipinski definition) is 3. The maximum absolute atomic E-state index is 12.2. The van der Waals surface area contributed by atoms with E-state index in [0.717, 1.165) is 23.2 Å². The summed E-state index contributed by atoms with van der Waals surface area (Å²) in [5.41, 5.74) is 3.09. The quantitative estimate of drug-likeness (QED) is 0.876. The van der Waals surface area contributed by atoms with E-state index in [1.807, 2.05) is 32.0 Å². The SMILES string of the molecule is CCO[C@@H]1COC[C@H]1NC(=O)Nc1c(C)cccc1CC. The lowest BCUT2D eigenvalue weighted by Gasteiger charge is -2.20. The Morgan fingerprint density at radius 2 is 2.19 bits per heavy atom. The second kappa shape index (κ2) is 7.43. The standard InChI is InChI=1S/C16H24N2O3/c1-4-12-8-6-7-11(3)15(12)18-16(19)17-13-9-20-10-14(13)21-5-2/h6-8,13-14H,4-5,9-10H2,1-3H3,(H2,17,18,19)/t13-,14-/m1/s1. The van der Waals surface area contributed by atoms with Gasteiger partial charge in [-0.05, 0) is 31.4 Å². The molecule has 1 saturated heterocycles. The van der Waals surface area contributed by atoms with E-state index in [1.54, 1.807) is 0 Å². The molecule has 2 atom stereocenters. The summed E-state index contributed by atoms with van der Waals surface area (Å²) in [4.78, 5) is 12.2. The van der Waals surface area contributed by atoms with Crippen molar-refractivity contribution in [2.75, 3.05) is 25.1 Å².